The normalized spacial score (nSPS) is 11.8. The van der Waals surface area contributed by atoms with Crippen LogP contribution in [0.25, 0.3) is 45.3 Å². The maximum Gasteiger partial charge on any atom is 0.164 e. The molecule has 0 amide bonds. The molecule has 15 aromatic rings. The standard InChI is InChI=1S/C44H52N2.C39H46.C35H43N3.2C10H14/c1-29-13-17-37(18-14-29)45(41-31(3)25-35(26-32(41)4)43(7,8)9)39-21-23-40(24-22-39)46(38-19-15-30(2)16-20-38)42-33(5)27-36(28-34(42)6)44(10,11)12;1-5-7-9-11-13-31-17-21-33(22-18-31)39(34-23-19-32(20-24-34)14-12-10-8-6-2)37-27-29(3)15-25-35(37)36-26-16-30(4)28-38(36)39;1-4-5-6-7-8-9-10-11-12-13-14-29-19-25-32(26-20-29)35-37-33(30-21-15-27(2)16-22-30)36-34(38-35)31-23-17-28(3)18-24-31;2*1-7-5-9(3)10(4)6-8(7)2/h13-28H,1-12H3;15-28H,5-14H2,1-4H3;15-26H,4-14H2,1-3H3;2*5-6H,1-4H3. The Labute approximate surface area is 865 Å². The van der Waals surface area contributed by atoms with Gasteiger partial charge in [0.25, 0.3) is 0 Å². The van der Waals surface area contributed by atoms with Crippen molar-refractivity contribution in [2.24, 2.45) is 0 Å². The first kappa shape index (κ1) is 109. The van der Waals surface area contributed by atoms with Crippen LogP contribution in [0, 0.1) is 125 Å². The number of unbranched alkanes of at least 4 members (excludes halogenated alkanes) is 15. The highest BCUT2D eigenvalue weighted by molar-refractivity contribution is 5.88. The largest absolute Gasteiger partial charge is 0.310 e. The maximum absolute atomic E-state index is 4.88. The molecule has 1 heterocycles. The molecule has 0 radical (unpaired) electrons. The number of rotatable bonds is 32. The van der Waals surface area contributed by atoms with Crippen molar-refractivity contribution >= 4 is 34.1 Å². The van der Waals surface area contributed by atoms with Crippen molar-refractivity contribution in [1.29, 1.82) is 0 Å². The third-order valence-electron chi connectivity index (χ3n) is 29.5. The van der Waals surface area contributed by atoms with Crippen molar-refractivity contribution in [3.63, 3.8) is 0 Å². The van der Waals surface area contributed by atoms with Crippen LogP contribution in [-0.2, 0) is 35.5 Å². The Kier molecular flexibility index (Phi) is 39.3. The van der Waals surface area contributed by atoms with E-state index in [2.05, 4.69) is 476 Å². The highest BCUT2D eigenvalue weighted by atomic mass is 15.2. The van der Waals surface area contributed by atoms with Crippen LogP contribution in [0.4, 0.5) is 34.1 Å². The monoisotopic (exact) mass is 1900 g/mol. The molecule has 0 fully saturated rings. The molecule has 0 aliphatic heterocycles. The zero-order chi connectivity index (χ0) is 103. The molecule has 16 rings (SSSR count). The molecule has 14 aromatic carbocycles. The quantitative estimate of drug-likeness (QED) is 0.0393. The number of anilines is 6. The molecule has 0 N–H and O–H groups in total. The third kappa shape index (κ3) is 29.1. The average molecular weight is 1900 g/mol. The zero-order valence-electron chi connectivity index (χ0n) is 92.6. The molecule has 1 aromatic heterocycles. The Hall–Kier alpha value is -12.3. The highest BCUT2D eigenvalue weighted by Gasteiger charge is 2.46. The Morgan fingerprint density at radius 2 is 0.434 bits per heavy atom. The van der Waals surface area contributed by atoms with Gasteiger partial charge in [-0.3, -0.25) is 0 Å². The second kappa shape index (κ2) is 51.3. The Bertz CT molecular complexity index is 6100. The number of benzene rings is 14. The molecule has 0 saturated heterocycles. The number of hydrogen-bond donors (Lipinski definition) is 0. The maximum atomic E-state index is 4.88. The summed E-state index contributed by atoms with van der Waals surface area (Å²) in [6.07, 6.45) is 27.6. The molecule has 746 valence electrons. The van der Waals surface area contributed by atoms with Gasteiger partial charge < -0.3 is 9.80 Å². The molecule has 1 aliphatic carbocycles. The molecule has 0 saturated carbocycles. The van der Waals surface area contributed by atoms with E-state index in [1.807, 2.05) is 0 Å². The van der Waals surface area contributed by atoms with E-state index < -0.39 is 0 Å². The van der Waals surface area contributed by atoms with Gasteiger partial charge in [0.1, 0.15) is 0 Å². The van der Waals surface area contributed by atoms with E-state index in [1.54, 1.807) is 0 Å². The number of hydrogen-bond acceptors (Lipinski definition) is 5. The van der Waals surface area contributed by atoms with Crippen LogP contribution in [-0.4, -0.2) is 15.0 Å². The van der Waals surface area contributed by atoms with Gasteiger partial charge in [-0.15, -0.1) is 0 Å². The number of fused-ring (bicyclic) bond motifs is 3. The van der Waals surface area contributed by atoms with Gasteiger partial charge in [0, 0.05) is 39.4 Å². The molecule has 0 unspecified atom stereocenters. The summed E-state index contributed by atoms with van der Waals surface area (Å²) in [6.45, 7) is 59.8. The van der Waals surface area contributed by atoms with Gasteiger partial charge in [0.15, 0.2) is 17.5 Å². The summed E-state index contributed by atoms with van der Waals surface area (Å²) in [5, 5.41) is 0. The minimum Gasteiger partial charge on any atom is -0.310 e. The van der Waals surface area contributed by atoms with Gasteiger partial charge >= 0.3 is 0 Å². The summed E-state index contributed by atoms with van der Waals surface area (Å²) < 4.78 is 0. The smallest absolute Gasteiger partial charge is 0.164 e. The predicted octanol–water partition coefficient (Wildman–Crippen LogP) is 39.8. The molecule has 143 heavy (non-hydrogen) atoms. The summed E-state index contributed by atoms with van der Waals surface area (Å²) >= 11 is 0. The molecule has 0 atom stereocenters. The lowest BCUT2D eigenvalue weighted by Crippen LogP contribution is -2.29. The zero-order valence-corrected chi connectivity index (χ0v) is 92.6. The van der Waals surface area contributed by atoms with Gasteiger partial charge in [0.05, 0.1) is 16.8 Å². The lowest BCUT2D eigenvalue weighted by atomic mass is 9.67. The summed E-state index contributed by atoms with van der Waals surface area (Å²) in [5.74, 6) is 2.14. The van der Waals surface area contributed by atoms with Crippen molar-refractivity contribution in [3.8, 4) is 45.3 Å². The first-order valence-corrected chi connectivity index (χ1v) is 54.0. The fraction of sp³-hybridized carbons (Fsp3) is 0.370. The SMILES string of the molecule is CCCCCCCCCCCCc1ccc(-c2nc(-c3ccc(C)cc3)nc(-c3ccc(C)cc3)n2)cc1.CCCCCCc1ccc(C2(c3ccc(CCCCCC)cc3)c3cc(C)ccc3-c3ccc(C)cc32)cc1.Cc1cc(C)c(C)cc1C.Cc1cc(C)c(C)cc1C.Cc1ccc(N(c2ccc(N(c3ccc(C)cc3)c3c(C)cc(C(C)(C)C)cc3C)cc2)c2c(C)cc(C(C)(C)C)cc2C)cc1. The summed E-state index contributed by atoms with van der Waals surface area (Å²) in [5.41, 5.74) is 49.2. The lowest BCUT2D eigenvalue weighted by Gasteiger charge is -2.34. The average Bonchev–Trinajstić information content (AvgIpc) is 1.54. The lowest BCUT2D eigenvalue weighted by molar-refractivity contribution is 0.556. The third-order valence-corrected chi connectivity index (χ3v) is 29.5. The second-order valence-corrected chi connectivity index (χ2v) is 43.8. The van der Waals surface area contributed by atoms with E-state index in [9.17, 15) is 0 Å². The van der Waals surface area contributed by atoms with Crippen LogP contribution < -0.4 is 9.80 Å². The van der Waals surface area contributed by atoms with Gasteiger partial charge in [-0.25, -0.2) is 15.0 Å². The minimum absolute atomic E-state index is 0.0885. The molecule has 0 bridgehead atoms. The van der Waals surface area contributed by atoms with Gasteiger partial charge in [-0.1, -0.05) is 423 Å². The predicted molar refractivity (Wildman–Crippen MR) is 622 cm³/mol. The number of nitrogens with zero attached hydrogens (tertiary/aromatic N) is 5. The summed E-state index contributed by atoms with van der Waals surface area (Å²) in [6, 6.07) is 104. The van der Waals surface area contributed by atoms with Crippen molar-refractivity contribution in [2.75, 3.05) is 9.80 Å². The summed E-state index contributed by atoms with van der Waals surface area (Å²) in [4.78, 5) is 19.4. The molecule has 5 heteroatoms. The second-order valence-electron chi connectivity index (χ2n) is 43.8. The van der Waals surface area contributed by atoms with Gasteiger partial charge in [0.2, 0.25) is 0 Å². The number of aromatic nitrogens is 3. The fourth-order valence-corrected chi connectivity index (χ4v) is 20.1. The van der Waals surface area contributed by atoms with Crippen molar-refractivity contribution in [1.82, 2.24) is 15.0 Å². The van der Waals surface area contributed by atoms with Crippen LogP contribution in [0.1, 0.15) is 328 Å². The van der Waals surface area contributed by atoms with Crippen LogP contribution in [0.3, 0.4) is 0 Å². The fourth-order valence-electron chi connectivity index (χ4n) is 20.1. The minimum atomic E-state index is -0.301. The summed E-state index contributed by atoms with van der Waals surface area (Å²) in [7, 11) is 0. The molecule has 0 spiro atoms. The van der Waals surface area contributed by atoms with Crippen LogP contribution in [0.5, 0.6) is 0 Å². The Balaban J connectivity index is 0.000000174. The van der Waals surface area contributed by atoms with Crippen LogP contribution in [0.2, 0.25) is 0 Å². The first-order valence-electron chi connectivity index (χ1n) is 54.0. The topological polar surface area (TPSA) is 45.2 Å². The number of aryl methyl sites for hydroxylation is 21. The van der Waals surface area contributed by atoms with E-state index in [0.717, 1.165) is 51.7 Å². The van der Waals surface area contributed by atoms with Gasteiger partial charge in [-0.05, 0) is 350 Å². The first-order chi connectivity index (χ1) is 68.4. The van der Waals surface area contributed by atoms with E-state index in [-0.39, 0.29) is 16.2 Å². The van der Waals surface area contributed by atoms with Crippen molar-refractivity contribution in [3.05, 3.63) is 429 Å². The van der Waals surface area contributed by atoms with Crippen molar-refractivity contribution < 1.29 is 0 Å². The van der Waals surface area contributed by atoms with Crippen LogP contribution >= 0.6 is 0 Å². The van der Waals surface area contributed by atoms with E-state index in [0.29, 0.717) is 11.6 Å². The molecule has 1 aliphatic rings. The van der Waals surface area contributed by atoms with E-state index in [1.165, 1.54) is 301 Å². The Morgan fingerprint density at radius 3 is 0.692 bits per heavy atom. The van der Waals surface area contributed by atoms with E-state index >= 15 is 0 Å². The molecule has 5 nitrogen and oxygen atoms in total. The highest BCUT2D eigenvalue weighted by Crippen LogP contribution is 2.57. The van der Waals surface area contributed by atoms with E-state index in [4.69, 9.17) is 15.0 Å². The molecular formula is C138H169N5. The van der Waals surface area contributed by atoms with Gasteiger partial charge in [-0.2, -0.15) is 0 Å². The van der Waals surface area contributed by atoms with Crippen molar-refractivity contribution in [2.45, 2.75) is 338 Å². The van der Waals surface area contributed by atoms with Crippen LogP contribution in [0.15, 0.2) is 279 Å². The Morgan fingerprint density at radius 1 is 0.217 bits per heavy atom. The molecular weight excluding hydrogens is 1730 g/mol.